The van der Waals surface area contributed by atoms with Gasteiger partial charge in [0.05, 0.1) is 10.2 Å². The van der Waals surface area contributed by atoms with Crippen LogP contribution in [0.3, 0.4) is 0 Å². The number of ether oxygens (including phenoxy) is 2. The normalized spacial score (nSPS) is 15.0. The molecule has 5 nitrogen and oxygen atoms in total. The van der Waals surface area contributed by atoms with E-state index in [0.29, 0.717) is 42.1 Å². The molecule has 2 aromatic carbocycles. The Balaban J connectivity index is 1.86. The molecule has 1 amide bonds. The van der Waals surface area contributed by atoms with Gasteiger partial charge >= 0.3 is 0 Å². The van der Waals surface area contributed by atoms with Crippen LogP contribution in [0.1, 0.15) is 30.5 Å². The molecule has 29 heavy (non-hydrogen) atoms. The van der Waals surface area contributed by atoms with Gasteiger partial charge in [0.15, 0.2) is 16.6 Å². The summed E-state index contributed by atoms with van der Waals surface area (Å²) in [5.41, 5.74) is 3.61. The molecule has 1 fully saturated rings. The standard InChI is InChI=1S/C22H23IN2O3S/c1-4-25-21(26)18(24-22(25)29)11-16-10-17(23)20(19(12-16)27-5-2)28-13-15-8-6-14(3)7-9-15/h6-12H,4-5,13H2,1-3H3,(H,24,29)/b18-11-. The molecule has 1 aliphatic heterocycles. The highest BCUT2D eigenvalue weighted by atomic mass is 127. The molecule has 0 saturated carbocycles. The first-order valence-corrected chi connectivity index (χ1v) is 10.9. The molecule has 0 bridgehead atoms. The van der Waals surface area contributed by atoms with Crippen molar-refractivity contribution in [1.82, 2.24) is 10.2 Å². The highest BCUT2D eigenvalue weighted by Gasteiger charge is 2.29. The van der Waals surface area contributed by atoms with Crippen molar-refractivity contribution in [3.63, 3.8) is 0 Å². The third-order valence-corrected chi connectivity index (χ3v) is 5.55. The second kappa shape index (κ2) is 9.58. The van der Waals surface area contributed by atoms with Crippen LogP contribution in [0, 0.1) is 10.5 Å². The molecular weight excluding hydrogens is 499 g/mol. The van der Waals surface area contributed by atoms with Crippen LogP contribution in [-0.2, 0) is 11.4 Å². The molecule has 1 aliphatic rings. The maximum atomic E-state index is 12.4. The van der Waals surface area contributed by atoms with E-state index < -0.39 is 0 Å². The molecular formula is C22H23IN2O3S. The minimum Gasteiger partial charge on any atom is -0.490 e. The lowest BCUT2D eigenvalue weighted by atomic mass is 10.1. The second-order valence-electron chi connectivity index (χ2n) is 6.57. The molecule has 0 radical (unpaired) electrons. The SMILES string of the molecule is CCOc1cc(/C=C2\NC(=S)N(CC)C2=O)cc(I)c1OCc1ccc(C)cc1. The second-order valence-corrected chi connectivity index (χ2v) is 8.12. The van der Waals surface area contributed by atoms with Gasteiger partial charge in [-0.25, -0.2) is 0 Å². The van der Waals surface area contributed by atoms with Crippen LogP contribution in [0.15, 0.2) is 42.1 Å². The van der Waals surface area contributed by atoms with Crippen LogP contribution in [0.2, 0.25) is 0 Å². The summed E-state index contributed by atoms with van der Waals surface area (Å²) in [5.74, 6) is 1.23. The largest absolute Gasteiger partial charge is 0.490 e. The molecule has 152 valence electrons. The van der Waals surface area contributed by atoms with Crippen LogP contribution < -0.4 is 14.8 Å². The number of hydrogen-bond acceptors (Lipinski definition) is 4. The maximum absolute atomic E-state index is 12.4. The molecule has 1 N–H and O–H groups in total. The summed E-state index contributed by atoms with van der Waals surface area (Å²) in [6, 6.07) is 12.1. The van der Waals surface area contributed by atoms with Gasteiger partial charge in [-0.05, 0) is 84.9 Å². The zero-order valence-electron chi connectivity index (χ0n) is 16.6. The van der Waals surface area contributed by atoms with Crippen LogP contribution in [0.5, 0.6) is 11.5 Å². The summed E-state index contributed by atoms with van der Waals surface area (Å²) < 4.78 is 12.8. The Morgan fingerprint density at radius 3 is 2.52 bits per heavy atom. The van der Waals surface area contributed by atoms with E-state index >= 15 is 0 Å². The molecule has 2 aromatic rings. The van der Waals surface area contributed by atoms with Crippen LogP contribution in [0.25, 0.3) is 6.08 Å². The van der Waals surface area contributed by atoms with Crippen LogP contribution in [0.4, 0.5) is 0 Å². The van der Waals surface area contributed by atoms with Crippen molar-refractivity contribution >= 4 is 51.9 Å². The number of halogens is 1. The van der Waals surface area contributed by atoms with Gasteiger partial charge in [-0.1, -0.05) is 29.8 Å². The van der Waals surface area contributed by atoms with Gasteiger partial charge in [-0.3, -0.25) is 9.69 Å². The van der Waals surface area contributed by atoms with E-state index in [2.05, 4.69) is 59.1 Å². The number of likely N-dealkylation sites (N-methyl/N-ethyl adjacent to an activating group) is 1. The van der Waals surface area contributed by atoms with E-state index in [9.17, 15) is 4.79 Å². The minimum absolute atomic E-state index is 0.120. The number of amides is 1. The summed E-state index contributed by atoms with van der Waals surface area (Å²) >= 11 is 7.45. The first-order valence-electron chi connectivity index (χ1n) is 9.42. The monoisotopic (exact) mass is 522 g/mol. The van der Waals surface area contributed by atoms with E-state index in [1.54, 1.807) is 6.08 Å². The summed E-state index contributed by atoms with van der Waals surface area (Å²) in [7, 11) is 0. The third kappa shape index (κ3) is 5.08. The topological polar surface area (TPSA) is 50.8 Å². The van der Waals surface area contributed by atoms with Crippen molar-refractivity contribution in [3.05, 3.63) is 62.4 Å². The number of aryl methyl sites for hydroxylation is 1. The number of carbonyl (C=O) groups excluding carboxylic acids is 1. The molecule has 0 aliphatic carbocycles. The van der Waals surface area contributed by atoms with Gasteiger partial charge < -0.3 is 14.8 Å². The molecule has 0 unspecified atom stereocenters. The highest BCUT2D eigenvalue weighted by molar-refractivity contribution is 14.1. The molecule has 7 heteroatoms. The van der Waals surface area contributed by atoms with Gasteiger partial charge in [0.25, 0.3) is 5.91 Å². The lowest BCUT2D eigenvalue weighted by Crippen LogP contribution is -2.30. The van der Waals surface area contributed by atoms with Crippen molar-refractivity contribution in [2.75, 3.05) is 13.2 Å². The summed E-state index contributed by atoms with van der Waals surface area (Å²) in [5, 5.41) is 3.42. The predicted octanol–water partition coefficient (Wildman–Crippen LogP) is 4.65. The van der Waals surface area contributed by atoms with Crippen molar-refractivity contribution < 1.29 is 14.3 Å². The molecule has 1 heterocycles. The molecule has 0 atom stereocenters. The first-order chi connectivity index (χ1) is 13.9. The maximum Gasteiger partial charge on any atom is 0.276 e. The Kier molecular flexibility index (Phi) is 7.13. The smallest absolute Gasteiger partial charge is 0.276 e. The van der Waals surface area contributed by atoms with E-state index in [1.807, 2.05) is 26.0 Å². The zero-order valence-corrected chi connectivity index (χ0v) is 19.6. The van der Waals surface area contributed by atoms with Crippen molar-refractivity contribution in [1.29, 1.82) is 0 Å². The van der Waals surface area contributed by atoms with E-state index in [1.165, 1.54) is 10.5 Å². The fraction of sp³-hybridized carbons (Fsp3) is 0.273. The van der Waals surface area contributed by atoms with Gasteiger partial charge in [-0.2, -0.15) is 0 Å². The molecule has 3 rings (SSSR count). The van der Waals surface area contributed by atoms with E-state index in [-0.39, 0.29) is 5.91 Å². The van der Waals surface area contributed by atoms with Crippen molar-refractivity contribution in [2.24, 2.45) is 0 Å². The Morgan fingerprint density at radius 2 is 1.90 bits per heavy atom. The van der Waals surface area contributed by atoms with Gasteiger partial charge in [-0.15, -0.1) is 0 Å². The van der Waals surface area contributed by atoms with Crippen molar-refractivity contribution in [3.8, 4) is 11.5 Å². The average Bonchev–Trinajstić information content (AvgIpc) is 2.95. The van der Waals surface area contributed by atoms with E-state index in [4.69, 9.17) is 21.7 Å². The average molecular weight is 522 g/mol. The summed E-state index contributed by atoms with van der Waals surface area (Å²) in [6.45, 7) is 7.39. The Hall–Kier alpha value is -2.13. The first kappa shape index (κ1) is 21.6. The van der Waals surface area contributed by atoms with Gasteiger partial charge in [0, 0.05) is 6.54 Å². The quantitative estimate of drug-likeness (QED) is 0.326. The Bertz CT molecular complexity index is 957. The van der Waals surface area contributed by atoms with Gasteiger partial charge in [0.2, 0.25) is 0 Å². The number of nitrogens with zero attached hydrogens (tertiary/aromatic N) is 1. The number of benzene rings is 2. The lowest BCUT2D eigenvalue weighted by molar-refractivity contribution is -0.122. The Labute approximate surface area is 190 Å². The lowest BCUT2D eigenvalue weighted by Gasteiger charge is -2.15. The van der Waals surface area contributed by atoms with Gasteiger partial charge in [0.1, 0.15) is 12.3 Å². The molecule has 0 aromatic heterocycles. The van der Waals surface area contributed by atoms with E-state index in [0.717, 1.165) is 14.7 Å². The minimum atomic E-state index is -0.120. The molecule has 1 saturated heterocycles. The highest BCUT2D eigenvalue weighted by Crippen LogP contribution is 2.35. The Morgan fingerprint density at radius 1 is 1.17 bits per heavy atom. The van der Waals surface area contributed by atoms with Crippen LogP contribution >= 0.6 is 34.8 Å². The number of hydrogen-bond donors (Lipinski definition) is 1. The van der Waals surface area contributed by atoms with Crippen molar-refractivity contribution in [2.45, 2.75) is 27.4 Å². The summed E-state index contributed by atoms with van der Waals surface area (Å²) in [6.07, 6.45) is 1.79. The number of thiocarbonyl (C=S) groups is 1. The third-order valence-electron chi connectivity index (χ3n) is 4.43. The number of rotatable bonds is 7. The zero-order chi connectivity index (χ0) is 21.0. The number of nitrogens with one attached hydrogen (secondary N) is 1. The fourth-order valence-electron chi connectivity index (χ4n) is 2.94. The number of carbonyl (C=O) groups is 1. The predicted molar refractivity (Wildman–Crippen MR) is 127 cm³/mol. The fourth-order valence-corrected chi connectivity index (χ4v) is 4.04. The molecule has 0 spiro atoms. The van der Waals surface area contributed by atoms with Crippen LogP contribution in [-0.4, -0.2) is 29.1 Å². The summed E-state index contributed by atoms with van der Waals surface area (Å²) in [4.78, 5) is 14.0.